The highest BCUT2D eigenvalue weighted by Crippen LogP contribution is 2.22. The number of hydrogen-bond donors (Lipinski definition) is 2. The van der Waals surface area contributed by atoms with Crippen molar-refractivity contribution in [2.45, 2.75) is 6.54 Å². The molecular weight excluding hydrogens is 232 g/mol. The lowest BCUT2D eigenvalue weighted by Gasteiger charge is -1.89. The molecule has 1 aromatic rings. The molecule has 0 fully saturated rings. The maximum absolute atomic E-state index is 10.5. The van der Waals surface area contributed by atoms with Crippen molar-refractivity contribution in [1.29, 1.82) is 0 Å². The zero-order valence-corrected chi connectivity index (χ0v) is 7.78. The summed E-state index contributed by atoms with van der Waals surface area (Å²) in [5, 5.41) is 8.58. The SMILES string of the molecule is NCc1sc(Br)nc1C(=O)O. The van der Waals surface area contributed by atoms with E-state index in [1.807, 2.05) is 0 Å². The van der Waals surface area contributed by atoms with Gasteiger partial charge in [-0.2, -0.15) is 0 Å². The number of hydrogen-bond acceptors (Lipinski definition) is 4. The van der Waals surface area contributed by atoms with Gasteiger partial charge in [0.1, 0.15) is 0 Å². The maximum Gasteiger partial charge on any atom is 0.355 e. The van der Waals surface area contributed by atoms with E-state index >= 15 is 0 Å². The highest BCUT2D eigenvalue weighted by molar-refractivity contribution is 9.11. The van der Waals surface area contributed by atoms with Gasteiger partial charge < -0.3 is 10.8 Å². The summed E-state index contributed by atoms with van der Waals surface area (Å²) in [6, 6.07) is 0. The summed E-state index contributed by atoms with van der Waals surface area (Å²) in [5.41, 5.74) is 5.33. The van der Waals surface area contributed by atoms with Crippen LogP contribution in [0.4, 0.5) is 0 Å². The highest BCUT2D eigenvalue weighted by atomic mass is 79.9. The Hall–Kier alpha value is -0.460. The molecule has 0 aromatic carbocycles. The molecule has 1 heterocycles. The van der Waals surface area contributed by atoms with Gasteiger partial charge in [-0.3, -0.25) is 0 Å². The van der Waals surface area contributed by atoms with Gasteiger partial charge >= 0.3 is 5.97 Å². The van der Waals surface area contributed by atoms with Crippen LogP contribution in [0.15, 0.2) is 3.92 Å². The Balaban J connectivity index is 3.12. The van der Waals surface area contributed by atoms with E-state index in [0.717, 1.165) is 0 Å². The molecule has 11 heavy (non-hydrogen) atoms. The first-order chi connectivity index (χ1) is 5.15. The summed E-state index contributed by atoms with van der Waals surface area (Å²) in [5.74, 6) is -1.03. The van der Waals surface area contributed by atoms with E-state index in [0.29, 0.717) is 8.79 Å². The number of nitrogens with two attached hydrogens (primary N) is 1. The van der Waals surface area contributed by atoms with Crippen LogP contribution in [0, 0.1) is 0 Å². The first-order valence-corrected chi connectivity index (χ1v) is 4.34. The van der Waals surface area contributed by atoms with Gasteiger partial charge in [0.2, 0.25) is 0 Å². The third-order valence-electron chi connectivity index (χ3n) is 1.06. The number of carboxylic acids is 1. The summed E-state index contributed by atoms with van der Waals surface area (Å²) in [6.45, 7) is 0.213. The fraction of sp³-hybridized carbons (Fsp3) is 0.200. The van der Waals surface area contributed by atoms with E-state index in [9.17, 15) is 4.79 Å². The minimum Gasteiger partial charge on any atom is -0.476 e. The molecule has 0 spiro atoms. The number of rotatable bonds is 2. The second kappa shape index (κ2) is 3.29. The Labute approximate surface area is 75.2 Å². The molecule has 0 aliphatic heterocycles. The zero-order valence-electron chi connectivity index (χ0n) is 5.37. The molecule has 1 rings (SSSR count). The first-order valence-electron chi connectivity index (χ1n) is 2.73. The molecule has 0 aliphatic rings. The fourth-order valence-electron chi connectivity index (χ4n) is 0.629. The standard InChI is InChI=1S/C5H5BrN2O2S/c6-5-8-3(4(9)10)2(1-7)11-5/h1,7H2,(H,9,10). The third-order valence-corrected chi connectivity index (χ3v) is 2.59. The van der Waals surface area contributed by atoms with Crippen LogP contribution in [-0.2, 0) is 6.54 Å². The van der Waals surface area contributed by atoms with Gasteiger partial charge in [0.15, 0.2) is 9.61 Å². The quantitative estimate of drug-likeness (QED) is 0.806. The smallest absolute Gasteiger partial charge is 0.355 e. The molecule has 0 saturated carbocycles. The number of nitrogens with zero attached hydrogens (tertiary/aromatic N) is 1. The summed E-state index contributed by atoms with van der Waals surface area (Å²) in [4.78, 5) is 14.8. The minimum absolute atomic E-state index is 0.0457. The van der Waals surface area contributed by atoms with E-state index in [2.05, 4.69) is 20.9 Å². The Morgan fingerprint density at radius 3 is 2.82 bits per heavy atom. The van der Waals surface area contributed by atoms with E-state index in [-0.39, 0.29) is 12.2 Å². The lowest BCUT2D eigenvalue weighted by atomic mass is 10.4. The molecule has 0 aliphatic carbocycles. The number of halogens is 1. The Kier molecular flexibility index (Phi) is 2.58. The molecule has 4 nitrogen and oxygen atoms in total. The Morgan fingerprint density at radius 2 is 2.45 bits per heavy atom. The molecule has 1 aromatic heterocycles. The maximum atomic E-state index is 10.5. The summed E-state index contributed by atoms with van der Waals surface area (Å²) >= 11 is 4.32. The average Bonchev–Trinajstić information content (AvgIpc) is 2.30. The first kappa shape index (κ1) is 8.63. The molecule has 0 saturated heterocycles. The molecule has 0 bridgehead atoms. The highest BCUT2D eigenvalue weighted by Gasteiger charge is 2.14. The van der Waals surface area contributed by atoms with Crippen LogP contribution in [0.5, 0.6) is 0 Å². The van der Waals surface area contributed by atoms with Crippen molar-refractivity contribution in [3.05, 3.63) is 14.5 Å². The van der Waals surface area contributed by atoms with Crippen molar-refractivity contribution in [3.63, 3.8) is 0 Å². The van der Waals surface area contributed by atoms with Gasteiger partial charge in [-0.05, 0) is 15.9 Å². The zero-order chi connectivity index (χ0) is 8.43. The normalized spacial score (nSPS) is 10.0. The van der Waals surface area contributed by atoms with Crippen molar-refractivity contribution in [1.82, 2.24) is 4.98 Å². The monoisotopic (exact) mass is 236 g/mol. The van der Waals surface area contributed by atoms with Crippen LogP contribution >= 0.6 is 27.3 Å². The number of carbonyl (C=O) groups is 1. The topological polar surface area (TPSA) is 76.2 Å². The van der Waals surface area contributed by atoms with E-state index in [1.54, 1.807) is 0 Å². The van der Waals surface area contributed by atoms with Gasteiger partial charge in [-0.25, -0.2) is 9.78 Å². The second-order valence-corrected chi connectivity index (χ2v) is 4.11. The number of carboxylic acid groups (broad SMARTS) is 1. The van der Waals surface area contributed by atoms with Crippen LogP contribution in [0.1, 0.15) is 15.4 Å². The van der Waals surface area contributed by atoms with E-state index < -0.39 is 5.97 Å². The predicted octanol–water partition coefficient (Wildman–Crippen LogP) is 1.06. The summed E-state index contributed by atoms with van der Waals surface area (Å²) in [6.07, 6.45) is 0. The molecule has 0 radical (unpaired) electrons. The third kappa shape index (κ3) is 1.76. The number of aromatic carboxylic acids is 1. The lowest BCUT2D eigenvalue weighted by Crippen LogP contribution is -2.04. The van der Waals surface area contributed by atoms with Gasteiger partial charge in [0, 0.05) is 6.54 Å². The van der Waals surface area contributed by atoms with Crippen molar-refractivity contribution in [2.75, 3.05) is 0 Å². The number of thiazole rings is 1. The Bertz CT molecular complexity index is 286. The predicted molar refractivity (Wildman–Crippen MR) is 44.7 cm³/mol. The second-order valence-electron chi connectivity index (χ2n) is 1.75. The van der Waals surface area contributed by atoms with Crippen molar-refractivity contribution >= 4 is 33.2 Å². The molecular formula is C5H5BrN2O2S. The summed E-state index contributed by atoms with van der Waals surface area (Å²) < 4.78 is 0.551. The Morgan fingerprint density at radius 1 is 1.82 bits per heavy atom. The van der Waals surface area contributed by atoms with Gasteiger partial charge in [0.25, 0.3) is 0 Å². The van der Waals surface area contributed by atoms with Crippen molar-refractivity contribution < 1.29 is 9.90 Å². The number of aromatic nitrogens is 1. The van der Waals surface area contributed by atoms with E-state index in [4.69, 9.17) is 10.8 Å². The van der Waals surface area contributed by atoms with Gasteiger partial charge in [-0.1, -0.05) is 0 Å². The van der Waals surface area contributed by atoms with Crippen molar-refractivity contribution in [3.8, 4) is 0 Å². The van der Waals surface area contributed by atoms with Crippen LogP contribution in [-0.4, -0.2) is 16.1 Å². The van der Waals surface area contributed by atoms with Gasteiger partial charge in [0.05, 0.1) is 4.88 Å². The fourth-order valence-corrected chi connectivity index (χ4v) is 2.05. The minimum atomic E-state index is -1.03. The molecule has 60 valence electrons. The summed E-state index contributed by atoms with van der Waals surface area (Å²) in [7, 11) is 0. The van der Waals surface area contributed by atoms with Crippen LogP contribution in [0.2, 0.25) is 0 Å². The van der Waals surface area contributed by atoms with Gasteiger partial charge in [-0.15, -0.1) is 11.3 Å². The molecule has 0 amide bonds. The molecule has 0 unspecified atom stereocenters. The van der Waals surface area contributed by atoms with Crippen molar-refractivity contribution in [2.24, 2.45) is 5.73 Å². The molecule has 3 N–H and O–H groups in total. The molecule has 0 atom stereocenters. The van der Waals surface area contributed by atoms with Crippen LogP contribution in [0.3, 0.4) is 0 Å². The average molecular weight is 237 g/mol. The molecule has 6 heteroatoms. The largest absolute Gasteiger partial charge is 0.476 e. The van der Waals surface area contributed by atoms with Crippen LogP contribution < -0.4 is 5.73 Å². The van der Waals surface area contributed by atoms with E-state index in [1.165, 1.54) is 11.3 Å². The van der Waals surface area contributed by atoms with Crippen LogP contribution in [0.25, 0.3) is 0 Å². The lowest BCUT2D eigenvalue weighted by molar-refractivity contribution is 0.0690.